The first-order valence-corrected chi connectivity index (χ1v) is 5.01. The summed E-state index contributed by atoms with van der Waals surface area (Å²) in [6, 6.07) is 0. The first kappa shape index (κ1) is 13.4. The smallest absolute Gasteiger partial charge is 0.295 e. The molecule has 1 atom stereocenters. The summed E-state index contributed by atoms with van der Waals surface area (Å²) in [4.78, 5) is 3.04. The van der Waals surface area contributed by atoms with E-state index in [-0.39, 0.29) is 0 Å². The fourth-order valence-electron chi connectivity index (χ4n) is 0.411. The second-order valence-corrected chi connectivity index (χ2v) is 5.58. The van der Waals surface area contributed by atoms with E-state index >= 15 is 0 Å². The minimum atomic E-state index is -4.32. The molecule has 0 saturated heterocycles. The molecule has 0 aliphatic carbocycles. The summed E-state index contributed by atoms with van der Waals surface area (Å²) in [5, 5.41) is 0. The molecular weight excluding hydrogens is 217 g/mol. The summed E-state index contributed by atoms with van der Waals surface area (Å²) in [7, 11) is -1.43. The molecule has 0 aromatic rings. The van der Waals surface area contributed by atoms with E-state index in [2.05, 4.69) is 9.71 Å². The SMILES string of the molecule is CC(C)(C)S(=O)NC=NCC(F)(F)F. The van der Waals surface area contributed by atoms with Gasteiger partial charge in [-0.3, -0.25) is 9.71 Å². The van der Waals surface area contributed by atoms with Gasteiger partial charge < -0.3 is 0 Å². The van der Waals surface area contributed by atoms with Gasteiger partial charge >= 0.3 is 6.18 Å². The van der Waals surface area contributed by atoms with Crippen molar-refractivity contribution >= 4 is 17.3 Å². The van der Waals surface area contributed by atoms with E-state index in [4.69, 9.17) is 0 Å². The molecular formula is C7H13F3N2OS. The number of nitrogens with zero attached hydrogens (tertiary/aromatic N) is 1. The highest BCUT2D eigenvalue weighted by atomic mass is 32.2. The third-order valence-corrected chi connectivity index (χ3v) is 2.51. The molecule has 14 heavy (non-hydrogen) atoms. The van der Waals surface area contributed by atoms with Gasteiger partial charge in [-0.25, -0.2) is 4.21 Å². The molecule has 0 bridgehead atoms. The van der Waals surface area contributed by atoms with Crippen LogP contribution in [0.3, 0.4) is 0 Å². The number of halogens is 3. The zero-order valence-corrected chi connectivity index (χ0v) is 9.00. The Hall–Kier alpha value is -0.590. The number of aliphatic imine (C=N–C) groups is 1. The molecule has 0 aliphatic heterocycles. The summed E-state index contributed by atoms with van der Waals surface area (Å²) in [5.74, 6) is 0. The van der Waals surface area contributed by atoms with Gasteiger partial charge in [-0.15, -0.1) is 0 Å². The van der Waals surface area contributed by atoms with Crippen molar-refractivity contribution in [1.29, 1.82) is 0 Å². The van der Waals surface area contributed by atoms with Gasteiger partial charge in [-0.1, -0.05) is 0 Å². The maximum absolute atomic E-state index is 11.6. The van der Waals surface area contributed by atoms with Gasteiger partial charge in [0, 0.05) is 0 Å². The quantitative estimate of drug-likeness (QED) is 0.581. The number of hydrogen-bond donors (Lipinski definition) is 1. The average molecular weight is 230 g/mol. The third kappa shape index (κ3) is 6.88. The summed E-state index contributed by atoms with van der Waals surface area (Å²) < 4.78 is 47.8. The number of nitrogens with one attached hydrogen (secondary N) is 1. The maximum atomic E-state index is 11.6. The molecule has 0 saturated carbocycles. The van der Waals surface area contributed by atoms with E-state index in [0.717, 1.165) is 6.34 Å². The van der Waals surface area contributed by atoms with Gasteiger partial charge in [-0.05, 0) is 20.8 Å². The van der Waals surface area contributed by atoms with Gasteiger partial charge in [0.1, 0.15) is 17.5 Å². The predicted octanol–water partition coefficient (Wildman–Crippen LogP) is 1.63. The molecule has 1 unspecified atom stereocenters. The van der Waals surface area contributed by atoms with Gasteiger partial charge in [0.2, 0.25) is 0 Å². The van der Waals surface area contributed by atoms with Crippen LogP contribution < -0.4 is 4.72 Å². The normalized spacial score (nSPS) is 15.9. The Morgan fingerprint density at radius 3 is 2.21 bits per heavy atom. The van der Waals surface area contributed by atoms with E-state index in [9.17, 15) is 17.4 Å². The lowest BCUT2D eigenvalue weighted by Crippen LogP contribution is -2.32. The molecule has 0 rings (SSSR count). The van der Waals surface area contributed by atoms with Crippen LogP contribution in [0.5, 0.6) is 0 Å². The summed E-state index contributed by atoms with van der Waals surface area (Å²) >= 11 is 0. The Labute approximate surface area is 83.4 Å². The second kappa shape index (κ2) is 4.77. The highest BCUT2D eigenvalue weighted by Gasteiger charge is 2.26. The molecule has 0 radical (unpaired) electrons. The van der Waals surface area contributed by atoms with Crippen LogP contribution in [0, 0.1) is 0 Å². The van der Waals surface area contributed by atoms with Crippen molar-refractivity contribution < 1.29 is 17.4 Å². The second-order valence-electron chi connectivity index (χ2n) is 3.58. The standard InChI is InChI=1S/C7H13F3N2OS/c1-6(2,3)14(13)12-5-11-4-7(8,9)10/h5H,4H2,1-3H3,(H,11,12). The molecule has 1 N–H and O–H groups in total. The van der Waals surface area contributed by atoms with Crippen molar-refractivity contribution in [3.8, 4) is 0 Å². The number of hydrogen-bond acceptors (Lipinski definition) is 2. The molecule has 0 aromatic heterocycles. The first-order valence-electron chi connectivity index (χ1n) is 3.86. The van der Waals surface area contributed by atoms with Gasteiger partial charge in [0.25, 0.3) is 0 Å². The Balaban J connectivity index is 3.91. The van der Waals surface area contributed by atoms with E-state index < -0.39 is 28.5 Å². The van der Waals surface area contributed by atoms with Crippen LogP contribution in [-0.2, 0) is 11.0 Å². The number of rotatable bonds is 3. The molecule has 0 spiro atoms. The van der Waals surface area contributed by atoms with Crippen LogP contribution in [0.4, 0.5) is 13.2 Å². The van der Waals surface area contributed by atoms with Crippen LogP contribution in [0.15, 0.2) is 4.99 Å². The average Bonchev–Trinajstić information content (AvgIpc) is 1.93. The fraction of sp³-hybridized carbons (Fsp3) is 0.857. The van der Waals surface area contributed by atoms with E-state index in [0.29, 0.717) is 0 Å². The van der Waals surface area contributed by atoms with Crippen molar-refractivity contribution in [3.63, 3.8) is 0 Å². The largest absolute Gasteiger partial charge is 0.408 e. The van der Waals surface area contributed by atoms with Crippen molar-refractivity contribution in [3.05, 3.63) is 0 Å². The lowest BCUT2D eigenvalue weighted by molar-refractivity contribution is -0.118. The van der Waals surface area contributed by atoms with Crippen LogP contribution in [0.25, 0.3) is 0 Å². The molecule has 0 aliphatic rings. The summed E-state index contributed by atoms with van der Waals surface area (Å²) in [5.41, 5.74) is 0. The molecule has 3 nitrogen and oxygen atoms in total. The summed E-state index contributed by atoms with van der Waals surface area (Å²) in [6.07, 6.45) is -3.49. The molecule has 0 heterocycles. The highest BCUT2D eigenvalue weighted by Crippen LogP contribution is 2.13. The van der Waals surface area contributed by atoms with E-state index in [1.807, 2.05) is 0 Å². The Morgan fingerprint density at radius 1 is 1.36 bits per heavy atom. The zero-order valence-electron chi connectivity index (χ0n) is 8.18. The van der Waals surface area contributed by atoms with Crippen molar-refractivity contribution in [1.82, 2.24) is 4.72 Å². The molecule has 0 aromatic carbocycles. The zero-order chi connectivity index (χ0) is 11.4. The maximum Gasteiger partial charge on any atom is 0.408 e. The van der Waals surface area contributed by atoms with Gasteiger partial charge in [-0.2, -0.15) is 13.2 Å². The minimum Gasteiger partial charge on any atom is -0.295 e. The third-order valence-electron chi connectivity index (χ3n) is 1.08. The van der Waals surface area contributed by atoms with Gasteiger partial charge in [0.15, 0.2) is 0 Å². The van der Waals surface area contributed by atoms with Crippen LogP contribution in [0.1, 0.15) is 20.8 Å². The summed E-state index contributed by atoms with van der Waals surface area (Å²) in [6.45, 7) is 3.84. The Morgan fingerprint density at radius 2 is 1.86 bits per heavy atom. The van der Waals surface area contributed by atoms with Gasteiger partial charge in [0.05, 0.1) is 11.1 Å². The topological polar surface area (TPSA) is 41.5 Å². The lowest BCUT2D eigenvalue weighted by Gasteiger charge is -2.16. The van der Waals surface area contributed by atoms with Crippen LogP contribution in [0.2, 0.25) is 0 Å². The molecule has 0 amide bonds. The lowest BCUT2D eigenvalue weighted by atomic mass is 10.3. The fourth-order valence-corrected chi connectivity index (χ4v) is 0.935. The first-order chi connectivity index (χ1) is 6.13. The predicted molar refractivity (Wildman–Crippen MR) is 50.4 cm³/mol. The van der Waals surface area contributed by atoms with Crippen molar-refractivity contribution in [2.24, 2.45) is 4.99 Å². The monoisotopic (exact) mass is 230 g/mol. The minimum absolute atomic E-state index is 0.524. The van der Waals surface area contributed by atoms with Crippen LogP contribution >= 0.6 is 0 Å². The van der Waals surface area contributed by atoms with E-state index in [1.54, 1.807) is 20.8 Å². The number of alkyl halides is 3. The highest BCUT2D eigenvalue weighted by molar-refractivity contribution is 7.84. The Bertz CT molecular complexity index is 232. The van der Waals surface area contributed by atoms with Crippen molar-refractivity contribution in [2.75, 3.05) is 6.54 Å². The molecule has 84 valence electrons. The van der Waals surface area contributed by atoms with Crippen molar-refractivity contribution in [2.45, 2.75) is 31.7 Å². The molecule has 7 heteroatoms. The Kier molecular flexibility index (Phi) is 4.57. The molecule has 0 fully saturated rings. The van der Waals surface area contributed by atoms with Crippen LogP contribution in [-0.4, -0.2) is 28.0 Å². The van der Waals surface area contributed by atoms with E-state index in [1.165, 1.54) is 0 Å².